The van der Waals surface area contributed by atoms with Crippen LogP contribution in [0.5, 0.6) is 0 Å². The molecule has 1 saturated carbocycles. The molecular formula is C23H40O5. The van der Waals surface area contributed by atoms with Gasteiger partial charge >= 0.3 is 5.97 Å². The van der Waals surface area contributed by atoms with Gasteiger partial charge in [0.15, 0.2) is 5.79 Å². The van der Waals surface area contributed by atoms with E-state index in [9.17, 15) is 4.79 Å². The van der Waals surface area contributed by atoms with Gasteiger partial charge in [0, 0.05) is 18.8 Å². The fourth-order valence-electron chi connectivity index (χ4n) is 5.61. The molecule has 1 spiro atoms. The lowest BCUT2D eigenvalue weighted by Crippen LogP contribution is -2.55. The molecular weight excluding hydrogens is 356 g/mol. The van der Waals surface area contributed by atoms with Crippen molar-refractivity contribution >= 4 is 5.97 Å². The lowest BCUT2D eigenvalue weighted by atomic mass is 9.72. The summed E-state index contributed by atoms with van der Waals surface area (Å²) in [6, 6.07) is 0. The van der Waals surface area contributed by atoms with Crippen molar-refractivity contribution < 1.29 is 24.1 Å². The van der Waals surface area contributed by atoms with E-state index in [2.05, 4.69) is 20.8 Å². The molecule has 2 saturated heterocycles. The highest BCUT2D eigenvalue weighted by Gasteiger charge is 2.49. The van der Waals surface area contributed by atoms with E-state index in [-0.39, 0.29) is 24.7 Å². The largest absolute Gasteiger partial charge is 0.481 e. The van der Waals surface area contributed by atoms with Gasteiger partial charge in [-0.05, 0) is 63.2 Å². The number of carboxylic acid groups (broad SMARTS) is 1. The van der Waals surface area contributed by atoms with Crippen molar-refractivity contribution in [1.82, 2.24) is 0 Å². The Morgan fingerprint density at radius 3 is 2.64 bits per heavy atom. The topological polar surface area (TPSA) is 65.0 Å². The van der Waals surface area contributed by atoms with Gasteiger partial charge in [-0.1, -0.05) is 27.2 Å². The second-order valence-corrected chi connectivity index (χ2v) is 9.76. The number of ether oxygens (including phenoxy) is 3. The van der Waals surface area contributed by atoms with Gasteiger partial charge < -0.3 is 19.3 Å². The van der Waals surface area contributed by atoms with Crippen LogP contribution >= 0.6 is 0 Å². The molecule has 5 nitrogen and oxygen atoms in total. The fraction of sp³-hybridized carbons (Fsp3) is 0.957. The zero-order valence-electron chi connectivity index (χ0n) is 18.0. The molecule has 0 radical (unpaired) electrons. The molecule has 1 unspecified atom stereocenters. The third kappa shape index (κ3) is 5.70. The first-order valence-corrected chi connectivity index (χ1v) is 11.6. The van der Waals surface area contributed by atoms with Crippen LogP contribution in [0.1, 0.15) is 91.4 Å². The molecule has 2 heterocycles. The molecule has 0 aromatic carbocycles. The summed E-state index contributed by atoms with van der Waals surface area (Å²) in [6.07, 6.45) is 11.1. The van der Waals surface area contributed by atoms with Crippen LogP contribution in [0.3, 0.4) is 0 Å². The van der Waals surface area contributed by atoms with E-state index in [0.717, 1.165) is 45.1 Å². The predicted octanol–water partition coefficient (Wildman–Crippen LogP) is 5.16. The summed E-state index contributed by atoms with van der Waals surface area (Å²) < 4.78 is 19.4. The van der Waals surface area contributed by atoms with Crippen molar-refractivity contribution in [2.24, 2.45) is 17.8 Å². The lowest BCUT2D eigenvalue weighted by Gasteiger charge is -2.51. The number of hydrogen-bond acceptors (Lipinski definition) is 4. The maximum absolute atomic E-state index is 10.7. The second kappa shape index (κ2) is 9.90. The maximum Gasteiger partial charge on any atom is 0.303 e. The summed E-state index contributed by atoms with van der Waals surface area (Å²) in [4.78, 5) is 10.7. The minimum atomic E-state index is -0.713. The SMILES string of the molecule is CC(C)[C@@H]1CC[C@@H](C)CC12OCC[C@@H](C[C@H]1CCC[C@@H](CCCC(=O)O)O1)O2. The minimum Gasteiger partial charge on any atom is -0.481 e. The summed E-state index contributed by atoms with van der Waals surface area (Å²) in [7, 11) is 0. The Morgan fingerprint density at radius 1 is 1.11 bits per heavy atom. The molecule has 5 heteroatoms. The van der Waals surface area contributed by atoms with E-state index < -0.39 is 11.8 Å². The van der Waals surface area contributed by atoms with Gasteiger partial charge in [0.05, 0.1) is 24.9 Å². The summed E-state index contributed by atoms with van der Waals surface area (Å²) in [5.74, 6) is 0.580. The number of hydrogen-bond donors (Lipinski definition) is 1. The van der Waals surface area contributed by atoms with Crippen molar-refractivity contribution in [3.8, 4) is 0 Å². The first kappa shape index (κ1) is 22.0. The lowest BCUT2D eigenvalue weighted by molar-refractivity contribution is -0.342. The first-order valence-electron chi connectivity index (χ1n) is 11.6. The van der Waals surface area contributed by atoms with Crippen LogP contribution in [0.2, 0.25) is 0 Å². The summed E-state index contributed by atoms with van der Waals surface area (Å²) in [5, 5.41) is 8.84. The molecule has 2 aliphatic heterocycles. The van der Waals surface area contributed by atoms with Gasteiger partial charge in [0.2, 0.25) is 0 Å². The zero-order chi connectivity index (χ0) is 20.1. The molecule has 28 heavy (non-hydrogen) atoms. The Morgan fingerprint density at radius 2 is 1.89 bits per heavy atom. The molecule has 1 aliphatic carbocycles. The summed E-state index contributed by atoms with van der Waals surface area (Å²) >= 11 is 0. The minimum absolute atomic E-state index is 0.211. The van der Waals surface area contributed by atoms with Crippen LogP contribution in [-0.4, -0.2) is 41.8 Å². The molecule has 3 rings (SSSR count). The molecule has 6 atom stereocenters. The van der Waals surface area contributed by atoms with Crippen molar-refractivity contribution in [1.29, 1.82) is 0 Å². The van der Waals surface area contributed by atoms with Crippen LogP contribution in [0.15, 0.2) is 0 Å². The normalized spacial score (nSPS) is 39.4. The Labute approximate surface area is 170 Å². The van der Waals surface area contributed by atoms with Gasteiger partial charge in [-0.25, -0.2) is 0 Å². The highest BCUT2D eigenvalue weighted by molar-refractivity contribution is 5.66. The molecule has 1 N–H and O–H groups in total. The van der Waals surface area contributed by atoms with Crippen molar-refractivity contribution in [3.63, 3.8) is 0 Å². The summed E-state index contributed by atoms with van der Waals surface area (Å²) in [6.45, 7) is 7.70. The van der Waals surface area contributed by atoms with Gasteiger partial charge in [-0.15, -0.1) is 0 Å². The second-order valence-electron chi connectivity index (χ2n) is 9.76. The van der Waals surface area contributed by atoms with Crippen molar-refractivity contribution in [2.75, 3.05) is 6.61 Å². The fourth-order valence-corrected chi connectivity index (χ4v) is 5.61. The number of carboxylic acids is 1. The first-order chi connectivity index (χ1) is 13.4. The highest BCUT2D eigenvalue weighted by Crippen LogP contribution is 2.47. The predicted molar refractivity (Wildman–Crippen MR) is 108 cm³/mol. The number of aliphatic carboxylic acids is 1. The molecule has 0 amide bonds. The van der Waals surface area contributed by atoms with Crippen LogP contribution in [0.4, 0.5) is 0 Å². The van der Waals surface area contributed by atoms with Gasteiger partial charge in [0.25, 0.3) is 0 Å². The molecule has 3 fully saturated rings. The highest BCUT2D eigenvalue weighted by atomic mass is 16.7. The van der Waals surface area contributed by atoms with Crippen molar-refractivity contribution in [2.45, 2.75) is 115 Å². The Balaban J connectivity index is 1.54. The Kier molecular flexibility index (Phi) is 7.80. The Bertz CT molecular complexity index is 507. The van der Waals surface area contributed by atoms with E-state index in [4.69, 9.17) is 19.3 Å². The molecule has 3 aliphatic rings. The molecule has 0 bridgehead atoms. The standard InChI is InChI=1S/C23H40O5/c1-16(2)21-11-10-17(3)15-23(21)26-13-12-20(28-23)14-19-8-4-6-18(27-19)7-5-9-22(24)25/h16-21H,4-15H2,1-3H3,(H,24,25)/t17-,18+,19-,20+,21+,23?/m1/s1. The third-order valence-electron chi connectivity index (χ3n) is 7.01. The maximum atomic E-state index is 10.7. The quantitative estimate of drug-likeness (QED) is 0.644. The zero-order valence-corrected chi connectivity index (χ0v) is 18.0. The van der Waals surface area contributed by atoms with E-state index >= 15 is 0 Å². The summed E-state index contributed by atoms with van der Waals surface area (Å²) in [5.41, 5.74) is 0. The Hall–Kier alpha value is -0.650. The van der Waals surface area contributed by atoms with E-state index in [1.165, 1.54) is 19.3 Å². The van der Waals surface area contributed by atoms with Gasteiger partial charge in [-0.3, -0.25) is 4.79 Å². The number of carbonyl (C=O) groups is 1. The molecule has 0 aromatic rings. The smallest absolute Gasteiger partial charge is 0.303 e. The molecule has 162 valence electrons. The average Bonchev–Trinajstić information content (AvgIpc) is 2.61. The van der Waals surface area contributed by atoms with Crippen molar-refractivity contribution in [3.05, 3.63) is 0 Å². The van der Waals surface area contributed by atoms with E-state index in [0.29, 0.717) is 24.2 Å². The van der Waals surface area contributed by atoms with Crippen LogP contribution < -0.4 is 0 Å². The molecule has 0 aromatic heterocycles. The average molecular weight is 397 g/mol. The van der Waals surface area contributed by atoms with Crippen LogP contribution in [0, 0.1) is 17.8 Å². The van der Waals surface area contributed by atoms with Crippen LogP contribution in [-0.2, 0) is 19.0 Å². The van der Waals surface area contributed by atoms with E-state index in [1.807, 2.05) is 0 Å². The van der Waals surface area contributed by atoms with Gasteiger partial charge in [0.1, 0.15) is 0 Å². The van der Waals surface area contributed by atoms with Gasteiger partial charge in [-0.2, -0.15) is 0 Å². The van der Waals surface area contributed by atoms with Crippen LogP contribution in [0.25, 0.3) is 0 Å². The third-order valence-corrected chi connectivity index (χ3v) is 7.01. The number of rotatable bonds is 7. The van der Waals surface area contributed by atoms with E-state index in [1.54, 1.807) is 0 Å². The monoisotopic (exact) mass is 396 g/mol.